The number of para-hydroxylation sites is 1. The monoisotopic (exact) mass is 479 g/mol. The molecule has 1 aliphatic carbocycles. The molecule has 2 atom stereocenters. The predicted molar refractivity (Wildman–Crippen MR) is 139 cm³/mol. The van der Waals surface area contributed by atoms with Gasteiger partial charge in [0.05, 0.1) is 0 Å². The average Bonchev–Trinajstić information content (AvgIpc) is 2.91. The number of hydrogen-bond acceptors (Lipinski definition) is 5. The molecule has 1 aliphatic heterocycles. The molecule has 3 aromatic rings. The maximum Gasteiger partial charge on any atom is 0.315 e. The number of rotatable bonds is 7. The fourth-order valence-electron chi connectivity index (χ4n) is 5.07. The Balaban J connectivity index is 1.50. The van der Waals surface area contributed by atoms with E-state index in [1.54, 1.807) is 0 Å². The summed E-state index contributed by atoms with van der Waals surface area (Å²) < 4.78 is 12.0. The molecule has 0 saturated carbocycles. The van der Waals surface area contributed by atoms with Crippen molar-refractivity contribution in [3.8, 4) is 5.75 Å². The van der Waals surface area contributed by atoms with Crippen LogP contribution in [0.4, 0.5) is 0 Å². The van der Waals surface area contributed by atoms with E-state index in [0.717, 1.165) is 35.2 Å². The van der Waals surface area contributed by atoms with Gasteiger partial charge in [-0.05, 0) is 37.0 Å². The van der Waals surface area contributed by atoms with Gasteiger partial charge in [0, 0.05) is 34.9 Å². The van der Waals surface area contributed by atoms with Crippen LogP contribution in [0.2, 0.25) is 0 Å². The largest absolute Gasteiger partial charge is 0.489 e. The summed E-state index contributed by atoms with van der Waals surface area (Å²) >= 11 is 0. The predicted octanol–water partition coefficient (Wildman–Crippen LogP) is 6.19. The summed E-state index contributed by atoms with van der Waals surface area (Å²) in [5.74, 6) is -0.868. The van der Waals surface area contributed by atoms with Crippen LogP contribution in [-0.2, 0) is 27.5 Å². The van der Waals surface area contributed by atoms with Crippen LogP contribution in [0.25, 0.3) is 0 Å². The van der Waals surface area contributed by atoms with Crippen LogP contribution < -0.4 is 4.74 Å². The molecule has 5 nitrogen and oxygen atoms in total. The van der Waals surface area contributed by atoms with Crippen molar-refractivity contribution in [1.82, 2.24) is 0 Å². The van der Waals surface area contributed by atoms with Crippen LogP contribution in [0.1, 0.15) is 48.8 Å². The van der Waals surface area contributed by atoms with E-state index in [1.807, 2.05) is 91.9 Å². The number of Topliss-reactive ketones (excluding diaryl/α,β-unsaturated/α-hetero) is 1. The molecule has 0 amide bonds. The van der Waals surface area contributed by atoms with Gasteiger partial charge in [0.15, 0.2) is 5.78 Å². The zero-order valence-electron chi connectivity index (χ0n) is 20.4. The summed E-state index contributed by atoms with van der Waals surface area (Å²) in [6.45, 7) is 2.42. The summed E-state index contributed by atoms with van der Waals surface area (Å²) in [5.41, 5.74) is 4.86. The van der Waals surface area contributed by atoms with Crippen molar-refractivity contribution in [2.24, 2.45) is 10.9 Å². The molecular formula is C31H29NO4. The molecule has 2 aliphatic rings. The number of carbonyl (C=O) groups is 2. The number of ether oxygens (including phenoxy) is 2. The van der Waals surface area contributed by atoms with Crippen molar-refractivity contribution >= 4 is 17.5 Å². The van der Waals surface area contributed by atoms with Crippen molar-refractivity contribution in [1.29, 1.82) is 0 Å². The second-order valence-corrected chi connectivity index (χ2v) is 9.25. The van der Waals surface area contributed by atoms with Gasteiger partial charge in [-0.3, -0.25) is 14.6 Å². The van der Waals surface area contributed by atoms with Gasteiger partial charge >= 0.3 is 5.97 Å². The maximum atomic E-state index is 13.6. The second kappa shape index (κ2) is 10.7. The van der Waals surface area contributed by atoms with Crippen LogP contribution in [0, 0.1) is 5.92 Å². The second-order valence-electron chi connectivity index (χ2n) is 9.25. The topological polar surface area (TPSA) is 65.0 Å². The summed E-state index contributed by atoms with van der Waals surface area (Å²) in [5, 5.41) is 0. The molecule has 182 valence electrons. The van der Waals surface area contributed by atoms with Crippen molar-refractivity contribution < 1.29 is 19.1 Å². The van der Waals surface area contributed by atoms with E-state index in [0.29, 0.717) is 30.1 Å². The molecule has 0 N–H and O–H groups in total. The summed E-state index contributed by atoms with van der Waals surface area (Å²) in [4.78, 5) is 31.5. The SMILES string of the molecule is CC1=NC2=C(C(=O)CCC2)[C@H](c2ccccc2OCc2ccccc2)C1C(=O)OCc1ccccc1. The first kappa shape index (κ1) is 23.7. The molecular weight excluding hydrogens is 450 g/mol. The minimum absolute atomic E-state index is 0.0521. The molecule has 1 unspecified atom stereocenters. The van der Waals surface area contributed by atoms with Gasteiger partial charge in [0.1, 0.15) is 24.9 Å². The molecule has 0 bridgehead atoms. The first-order valence-electron chi connectivity index (χ1n) is 12.4. The van der Waals surface area contributed by atoms with Crippen LogP contribution in [0.15, 0.2) is 101 Å². The number of benzene rings is 3. The first-order chi connectivity index (χ1) is 17.6. The molecule has 3 aromatic carbocycles. The lowest BCUT2D eigenvalue weighted by molar-refractivity contribution is -0.148. The summed E-state index contributed by atoms with van der Waals surface area (Å²) in [6, 6.07) is 27.2. The number of aliphatic imine (C=N–C) groups is 1. The molecule has 0 spiro atoms. The average molecular weight is 480 g/mol. The van der Waals surface area contributed by atoms with E-state index in [2.05, 4.69) is 0 Å². The Morgan fingerprint density at radius 1 is 0.861 bits per heavy atom. The Morgan fingerprint density at radius 3 is 2.22 bits per heavy atom. The van der Waals surface area contributed by atoms with Crippen molar-refractivity contribution in [2.75, 3.05) is 0 Å². The molecule has 5 rings (SSSR count). The van der Waals surface area contributed by atoms with E-state index in [9.17, 15) is 9.59 Å². The smallest absolute Gasteiger partial charge is 0.315 e. The zero-order chi connectivity index (χ0) is 24.9. The van der Waals surface area contributed by atoms with E-state index in [1.165, 1.54) is 0 Å². The summed E-state index contributed by atoms with van der Waals surface area (Å²) in [7, 11) is 0. The molecule has 5 heteroatoms. The highest BCUT2D eigenvalue weighted by Gasteiger charge is 2.44. The third kappa shape index (κ3) is 5.01. The van der Waals surface area contributed by atoms with E-state index < -0.39 is 11.8 Å². The van der Waals surface area contributed by atoms with Crippen molar-refractivity contribution in [3.63, 3.8) is 0 Å². The maximum absolute atomic E-state index is 13.6. The fourth-order valence-corrected chi connectivity index (χ4v) is 5.07. The standard InChI is InChI=1S/C31H29NO4/c1-21-28(31(34)36-20-23-13-6-3-7-14-23)29(30-25(32-21)16-10-17-26(30)33)24-15-8-9-18-27(24)35-19-22-11-4-2-5-12-22/h2-9,11-15,18,28-29H,10,16-17,19-20H2,1H3/t28?,29-/m1/s1. The third-order valence-electron chi connectivity index (χ3n) is 6.80. The number of esters is 1. The lowest BCUT2D eigenvalue weighted by atomic mass is 9.71. The molecule has 0 saturated heterocycles. The van der Waals surface area contributed by atoms with Gasteiger partial charge in [-0.25, -0.2) is 0 Å². The number of ketones is 1. The van der Waals surface area contributed by atoms with E-state index in [4.69, 9.17) is 14.5 Å². The van der Waals surface area contributed by atoms with Crippen molar-refractivity contribution in [2.45, 2.75) is 45.3 Å². The van der Waals surface area contributed by atoms with Gasteiger partial charge in [0.25, 0.3) is 0 Å². The fraction of sp³-hybridized carbons (Fsp3) is 0.258. The highest BCUT2D eigenvalue weighted by Crippen LogP contribution is 2.46. The Hall–Kier alpha value is -3.99. The van der Waals surface area contributed by atoms with Crippen LogP contribution in [0.3, 0.4) is 0 Å². The number of carbonyl (C=O) groups excluding carboxylic acids is 2. The quantitative estimate of drug-likeness (QED) is 0.379. The Kier molecular flexibility index (Phi) is 7.08. The lowest BCUT2D eigenvalue weighted by Gasteiger charge is -2.35. The number of nitrogens with zero attached hydrogens (tertiary/aromatic N) is 1. The normalized spacial score (nSPS) is 19.4. The van der Waals surface area contributed by atoms with E-state index in [-0.39, 0.29) is 18.4 Å². The minimum Gasteiger partial charge on any atom is -0.489 e. The minimum atomic E-state index is -0.698. The van der Waals surface area contributed by atoms with Crippen LogP contribution >= 0.6 is 0 Å². The molecule has 0 radical (unpaired) electrons. The Bertz CT molecular complexity index is 1310. The van der Waals surface area contributed by atoms with E-state index >= 15 is 0 Å². The Labute approximate surface area is 211 Å². The highest BCUT2D eigenvalue weighted by molar-refractivity contribution is 6.09. The van der Waals surface area contributed by atoms with Gasteiger partial charge < -0.3 is 9.47 Å². The van der Waals surface area contributed by atoms with Gasteiger partial charge in [-0.15, -0.1) is 0 Å². The van der Waals surface area contributed by atoms with Gasteiger partial charge in [-0.1, -0.05) is 78.9 Å². The molecule has 0 fully saturated rings. The third-order valence-corrected chi connectivity index (χ3v) is 6.80. The van der Waals surface area contributed by atoms with Gasteiger partial charge in [0.2, 0.25) is 0 Å². The molecule has 0 aromatic heterocycles. The van der Waals surface area contributed by atoms with Crippen molar-refractivity contribution in [3.05, 3.63) is 113 Å². The van der Waals surface area contributed by atoms with Gasteiger partial charge in [-0.2, -0.15) is 0 Å². The molecule has 36 heavy (non-hydrogen) atoms. The zero-order valence-corrected chi connectivity index (χ0v) is 20.4. The molecule has 1 heterocycles. The Morgan fingerprint density at radius 2 is 1.50 bits per heavy atom. The lowest BCUT2D eigenvalue weighted by Crippen LogP contribution is -2.37. The number of hydrogen-bond donors (Lipinski definition) is 0. The number of allylic oxidation sites excluding steroid dienone is 2. The first-order valence-corrected chi connectivity index (χ1v) is 12.4. The summed E-state index contributed by atoms with van der Waals surface area (Å²) in [6.07, 6.45) is 1.97. The van der Waals surface area contributed by atoms with Crippen LogP contribution in [-0.4, -0.2) is 17.5 Å². The van der Waals surface area contributed by atoms with Crippen LogP contribution in [0.5, 0.6) is 5.75 Å². The highest BCUT2D eigenvalue weighted by atomic mass is 16.5.